The molecule has 15 heavy (non-hydrogen) atoms. The van der Waals surface area contributed by atoms with Crippen molar-refractivity contribution < 1.29 is 0 Å². The van der Waals surface area contributed by atoms with Gasteiger partial charge in [-0.05, 0) is 31.0 Å². The molecule has 0 saturated heterocycles. The van der Waals surface area contributed by atoms with Crippen LogP contribution in [-0.4, -0.2) is 10.2 Å². The van der Waals surface area contributed by atoms with Crippen LogP contribution >= 0.6 is 0 Å². The molecule has 3 heteroatoms. The Kier molecular flexibility index (Phi) is 2.56. The second-order valence-corrected chi connectivity index (χ2v) is 3.77. The van der Waals surface area contributed by atoms with Gasteiger partial charge in [-0.25, -0.2) is 0 Å². The standard InChI is InChI=1S/C12H15N3/c1-8-3-4-10(5-9(8)2)12-11(6-13)7-14-15-12/h3-5,7H,6,13H2,1-2H3,(H,14,15). The van der Waals surface area contributed by atoms with Crippen molar-refractivity contribution in [2.75, 3.05) is 0 Å². The van der Waals surface area contributed by atoms with E-state index in [1.54, 1.807) is 6.20 Å². The quantitative estimate of drug-likeness (QED) is 0.782. The van der Waals surface area contributed by atoms with Crippen LogP contribution in [0, 0.1) is 13.8 Å². The van der Waals surface area contributed by atoms with E-state index < -0.39 is 0 Å². The Morgan fingerprint density at radius 3 is 2.73 bits per heavy atom. The van der Waals surface area contributed by atoms with Gasteiger partial charge < -0.3 is 5.73 Å². The molecule has 0 fully saturated rings. The van der Waals surface area contributed by atoms with Gasteiger partial charge in [-0.2, -0.15) is 5.10 Å². The van der Waals surface area contributed by atoms with Crippen molar-refractivity contribution >= 4 is 0 Å². The van der Waals surface area contributed by atoms with Crippen LogP contribution in [0.5, 0.6) is 0 Å². The molecule has 0 amide bonds. The maximum absolute atomic E-state index is 5.64. The van der Waals surface area contributed by atoms with Crippen molar-refractivity contribution in [3.8, 4) is 11.3 Å². The van der Waals surface area contributed by atoms with Gasteiger partial charge in [-0.3, -0.25) is 5.10 Å². The van der Waals surface area contributed by atoms with Crippen LogP contribution in [0.25, 0.3) is 11.3 Å². The van der Waals surface area contributed by atoms with Crippen LogP contribution < -0.4 is 5.73 Å². The molecule has 1 aromatic carbocycles. The number of hydrogen-bond acceptors (Lipinski definition) is 2. The lowest BCUT2D eigenvalue weighted by atomic mass is 10.0. The lowest BCUT2D eigenvalue weighted by Gasteiger charge is -2.04. The van der Waals surface area contributed by atoms with Gasteiger partial charge in [0.2, 0.25) is 0 Å². The average molecular weight is 201 g/mol. The van der Waals surface area contributed by atoms with Gasteiger partial charge in [0.15, 0.2) is 0 Å². The summed E-state index contributed by atoms with van der Waals surface area (Å²) in [5.74, 6) is 0. The first-order chi connectivity index (χ1) is 7.22. The Bertz CT molecular complexity index is 471. The molecule has 78 valence electrons. The zero-order valence-corrected chi connectivity index (χ0v) is 9.04. The monoisotopic (exact) mass is 201 g/mol. The largest absolute Gasteiger partial charge is 0.326 e. The van der Waals surface area contributed by atoms with E-state index in [-0.39, 0.29) is 0 Å². The third kappa shape index (κ3) is 1.78. The molecule has 0 spiro atoms. The topological polar surface area (TPSA) is 54.7 Å². The van der Waals surface area contributed by atoms with Gasteiger partial charge in [0.25, 0.3) is 0 Å². The van der Waals surface area contributed by atoms with Gasteiger partial charge in [0.05, 0.1) is 11.9 Å². The van der Waals surface area contributed by atoms with Gasteiger partial charge in [-0.15, -0.1) is 0 Å². The molecule has 0 aliphatic heterocycles. The highest BCUT2D eigenvalue weighted by molar-refractivity contribution is 5.64. The minimum atomic E-state index is 0.513. The number of nitrogens with zero attached hydrogens (tertiary/aromatic N) is 1. The zero-order valence-electron chi connectivity index (χ0n) is 9.04. The zero-order chi connectivity index (χ0) is 10.8. The van der Waals surface area contributed by atoms with Crippen molar-refractivity contribution in [1.29, 1.82) is 0 Å². The second kappa shape index (κ2) is 3.87. The fourth-order valence-corrected chi connectivity index (χ4v) is 1.61. The van der Waals surface area contributed by atoms with E-state index in [1.807, 2.05) is 0 Å². The Morgan fingerprint density at radius 2 is 2.07 bits per heavy atom. The number of hydrogen-bond donors (Lipinski definition) is 2. The molecule has 0 saturated carbocycles. The maximum Gasteiger partial charge on any atom is 0.0695 e. The van der Waals surface area contributed by atoms with Crippen LogP contribution in [0.4, 0.5) is 0 Å². The Morgan fingerprint density at radius 1 is 1.27 bits per heavy atom. The van der Waals surface area contributed by atoms with Crippen molar-refractivity contribution in [2.45, 2.75) is 20.4 Å². The first-order valence-corrected chi connectivity index (χ1v) is 5.02. The summed E-state index contributed by atoms with van der Waals surface area (Å²) in [7, 11) is 0. The molecule has 0 radical (unpaired) electrons. The van der Waals surface area contributed by atoms with E-state index in [1.165, 1.54) is 11.1 Å². The minimum absolute atomic E-state index is 0.513. The highest BCUT2D eigenvalue weighted by Crippen LogP contribution is 2.22. The summed E-state index contributed by atoms with van der Waals surface area (Å²) in [5.41, 5.74) is 11.5. The van der Waals surface area contributed by atoms with Crippen LogP contribution in [0.3, 0.4) is 0 Å². The van der Waals surface area contributed by atoms with Crippen LogP contribution in [0.1, 0.15) is 16.7 Å². The third-order valence-corrected chi connectivity index (χ3v) is 2.73. The highest BCUT2D eigenvalue weighted by Gasteiger charge is 2.06. The van der Waals surface area contributed by atoms with Gasteiger partial charge in [-0.1, -0.05) is 12.1 Å². The predicted octanol–water partition coefficient (Wildman–Crippen LogP) is 2.15. The first kappa shape index (κ1) is 9.93. The summed E-state index contributed by atoms with van der Waals surface area (Å²) in [4.78, 5) is 0. The lowest BCUT2D eigenvalue weighted by molar-refractivity contribution is 1.08. The van der Waals surface area contributed by atoms with Crippen molar-refractivity contribution in [1.82, 2.24) is 10.2 Å². The SMILES string of the molecule is Cc1ccc(-c2[nH]ncc2CN)cc1C. The molecule has 3 N–H and O–H groups in total. The highest BCUT2D eigenvalue weighted by atomic mass is 15.1. The summed E-state index contributed by atoms with van der Waals surface area (Å²) >= 11 is 0. The van der Waals surface area contributed by atoms with Crippen molar-refractivity contribution in [2.24, 2.45) is 5.73 Å². The van der Waals surface area contributed by atoms with Crippen LogP contribution in [0.15, 0.2) is 24.4 Å². The summed E-state index contributed by atoms with van der Waals surface area (Å²) in [6, 6.07) is 6.36. The summed E-state index contributed by atoms with van der Waals surface area (Å²) in [5, 5.41) is 7.01. The molecule has 0 unspecified atom stereocenters. The number of aromatic amines is 1. The van der Waals surface area contributed by atoms with Crippen LogP contribution in [0.2, 0.25) is 0 Å². The molecule has 2 aromatic rings. The number of benzene rings is 1. The smallest absolute Gasteiger partial charge is 0.0695 e. The van der Waals surface area contributed by atoms with Gasteiger partial charge >= 0.3 is 0 Å². The first-order valence-electron chi connectivity index (χ1n) is 5.02. The number of aromatic nitrogens is 2. The van der Waals surface area contributed by atoms with E-state index >= 15 is 0 Å². The van der Waals surface area contributed by atoms with Gasteiger partial charge in [0.1, 0.15) is 0 Å². The number of rotatable bonds is 2. The molecule has 2 rings (SSSR count). The van der Waals surface area contributed by atoms with Crippen molar-refractivity contribution in [3.05, 3.63) is 41.1 Å². The van der Waals surface area contributed by atoms with E-state index in [2.05, 4.69) is 42.2 Å². The number of nitrogens with two attached hydrogens (primary N) is 1. The fraction of sp³-hybridized carbons (Fsp3) is 0.250. The number of H-pyrrole nitrogens is 1. The van der Waals surface area contributed by atoms with Crippen LogP contribution in [-0.2, 0) is 6.54 Å². The Balaban J connectivity index is 2.50. The summed E-state index contributed by atoms with van der Waals surface area (Å²) in [6.07, 6.45) is 1.78. The molecule has 0 bridgehead atoms. The molecule has 0 aliphatic rings. The maximum atomic E-state index is 5.64. The average Bonchev–Trinajstić information content (AvgIpc) is 2.70. The molecule has 1 heterocycles. The normalized spacial score (nSPS) is 10.6. The molecular formula is C12H15N3. The lowest BCUT2D eigenvalue weighted by Crippen LogP contribution is -1.96. The predicted molar refractivity (Wildman–Crippen MR) is 61.4 cm³/mol. The van der Waals surface area contributed by atoms with E-state index in [0.717, 1.165) is 16.8 Å². The molecule has 0 aliphatic carbocycles. The summed E-state index contributed by atoms with van der Waals surface area (Å²) in [6.45, 7) is 4.73. The van der Waals surface area contributed by atoms with E-state index in [4.69, 9.17) is 5.73 Å². The molecule has 1 aromatic heterocycles. The van der Waals surface area contributed by atoms with Gasteiger partial charge in [0, 0.05) is 17.7 Å². The second-order valence-electron chi connectivity index (χ2n) is 3.77. The van der Waals surface area contributed by atoms with Crippen molar-refractivity contribution in [3.63, 3.8) is 0 Å². The third-order valence-electron chi connectivity index (χ3n) is 2.73. The minimum Gasteiger partial charge on any atom is -0.326 e. The molecule has 0 atom stereocenters. The number of aryl methyl sites for hydroxylation is 2. The summed E-state index contributed by atoms with van der Waals surface area (Å²) < 4.78 is 0. The Hall–Kier alpha value is -1.61. The van der Waals surface area contributed by atoms with E-state index in [0.29, 0.717) is 6.54 Å². The number of nitrogens with one attached hydrogen (secondary N) is 1. The van der Waals surface area contributed by atoms with E-state index in [9.17, 15) is 0 Å². The molecule has 3 nitrogen and oxygen atoms in total. The Labute approximate surface area is 89.3 Å². The molecular weight excluding hydrogens is 186 g/mol. The fourth-order valence-electron chi connectivity index (χ4n) is 1.61.